The molecule has 1 unspecified atom stereocenters. The Hall–Kier alpha value is -2.34. The molecule has 0 bridgehead atoms. The van der Waals surface area contributed by atoms with E-state index in [0.717, 1.165) is 16.5 Å². The molecule has 0 aromatic heterocycles. The number of carbonyl (C=O) groups is 2. The molecule has 0 spiro atoms. The number of halogens is 1. The molecule has 6 heteroatoms. The molecular formula is C19H20BrNO4. The lowest BCUT2D eigenvalue weighted by Gasteiger charge is -2.14. The number of amides is 1. The smallest absolute Gasteiger partial charge is 0.344 e. The van der Waals surface area contributed by atoms with Gasteiger partial charge in [-0.05, 0) is 37.1 Å². The highest BCUT2D eigenvalue weighted by atomic mass is 79.9. The minimum absolute atomic E-state index is 0.252. The Morgan fingerprint density at radius 3 is 2.60 bits per heavy atom. The summed E-state index contributed by atoms with van der Waals surface area (Å²) in [5.74, 6) is -0.372. The normalized spacial score (nSPS) is 11.4. The van der Waals surface area contributed by atoms with Gasteiger partial charge in [-0.15, -0.1) is 0 Å². The summed E-state index contributed by atoms with van der Waals surface area (Å²) in [6.07, 6.45) is -0.145. The predicted molar refractivity (Wildman–Crippen MR) is 98.3 cm³/mol. The van der Waals surface area contributed by atoms with Gasteiger partial charge < -0.3 is 14.8 Å². The van der Waals surface area contributed by atoms with Crippen LogP contribution in [0.25, 0.3) is 0 Å². The molecule has 0 heterocycles. The van der Waals surface area contributed by atoms with Gasteiger partial charge in [0.05, 0.1) is 0 Å². The Balaban J connectivity index is 1.68. The number of carbonyl (C=O) groups excluding carboxylic acids is 2. The molecule has 0 radical (unpaired) electrons. The van der Waals surface area contributed by atoms with Crippen molar-refractivity contribution in [3.05, 3.63) is 64.6 Å². The van der Waals surface area contributed by atoms with E-state index < -0.39 is 12.1 Å². The summed E-state index contributed by atoms with van der Waals surface area (Å²) in [5.41, 5.74) is 1.13. The van der Waals surface area contributed by atoms with Crippen LogP contribution < -0.4 is 10.1 Å². The Bertz CT molecular complexity index is 706. The molecule has 1 N–H and O–H groups in total. The summed E-state index contributed by atoms with van der Waals surface area (Å²) in [6, 6.07) is 17.0. The van der Waals surface area contributed by atoms with Crippen LogP contribution in [0.3, 0.4) is 0 Å². The van der Waals surface area contributed by atoms with Crippen molar-refractivity contribution in [2.75, 3.05) is 13.2 Å². The second-order valence-electron chi connectivity index (χ2n) is 5.40. The summed E-state index contributed by atoms with van der Waals surface area (Å²) < 4.78 is 11.3. The van der Waals surface area contributed by atoms with Gasteiger partial charge in [-0.2, -0.15) is 0 Å². The van der Waals surface area contributed by atoms with Crippen LogP contribution in [0.5, 0.6) is 5.75 Å². The standard InChI is InChI=1S/C19H20BrNO4/c1-14(19(23)21-11-10-15-6-3-2-4-7-15)25-18(22)13-24-17-9-5-8-16(20)12-17/h2-9,12,14H,10-11,13H2,1H3,(H,21,23). The monoisotopic (exact) mass is 405 g/mol. The highest BCUT2D eigenvalue weighted by Crippen LogP contribution is 2.17. The highest BCUT2D eigenvalue weighted by Gasteiger charge is 2.17. The first-order valence-electron chi connectivity index (χ1n) is 7.94. The lowest BCUT2D eigenvalue weighted by atomic mass is 10.1. The van der Waals surface area contributed by atoms with E-state index in [1.54, 1.807) is 18.2 Å². The van der Waals surface area contributed by atoms with Crippen LogP contribution in [0.2, 0.25) is 0 Å². The zero-order valence-corrected chi connectivity index (χ0v) is 15.5. The van der Waals surface area contributed by atoms with Gasteiger partial charge in [0, 0.05) is 11.0 Å². The van der Waals surface area contributed by atoms with Crippen LogP contribution in [-0.4, -0.2) is 31.1 Å². The van der Waals surface area contributed by atoms with E-state index in [2.05, 4.69) is 21.2 Å². The maximum atomic E-state index is 12.0. The highest BCUT2D eigenvalue weighted by molar-refractivity contribution is 9.10. The summed E-state index contributed by atoms with van der Waals surface area (Å²) >= 11 is 3.32. The summed E-state index contributed by atoms with van der Waals surface area (Å²) in [7, 11) is 0. The van der Waals surface area contributed by atoms with E-state index in [9.17, 15) is 9.59 Å². The van der Waals surface area contributed by atoms with Gasteiger partial charge in [-0.3, -0.25) is 4.79 Å². The van der Waals surface area contributed by atoms with Gasteiger partial charge in [0.2, 0.25) is 0 Å². The van der Waals surface area contributed by atoms with Crippen molar-refractivity contribution >= 4 is 27.8 Å². The molecule has 1 atom stereocenters. The molecule has 0 aliphatic carbocycles. The number of rotatable bonds is 8. The molecule has 25 heavy (non-hydrogen) atoms. The number of hydrogen-bond donors (Lipinski definition) is 1. The fourth-order valence-electron chi connectivity index (χ4n) is 2.10. The van der Waals surface area contributed by atoms with Crippen LogP contribution >= 0.6 is 15.9 Å². The van der Waals surface area contributed by atoms with Crippen molar-refractivity contribution in [3.63, 3.8) is 0 Å². The van der Waals surface area contributed by atoms with E-state index in [0.29, 0.717) is 12.3 Å². The topological polar surface area (TPSA) is 64.6 Å². The quantitative estimate of drug-likeness (QED) is 0.685. The van der Waals surface area contributed by atoms with E-state index in [1.807, 2.05) is 36.4 Å². The van der Waals surface area contributed by atoms with Crippen LogP contribution in [0.15, 0.2) is 59.1 Å². The first-order valence-corrected chi connectivity index (χ1v) is 8.73. The number of esters is 1. The van der Waals surface area contributed by atoms with E-state index in [4.69, 9.17) is 9.47 Å². The molecule has 5 nitrogen and oxygen atoms in total. The molecule has 2 aromatic carbocycles. The lowest BCUT2D eigenvalue weighted by Crippen LogP contribution is -2.37. The third-order valence-electron chi connectivity index (χ3n) is 3.39. The van der Waals surface area contributed by atoms with Crippen LogP contribution in [0, 0.1) is 0 Å². The SMILES string of the molecule is CC(OC(=O)COc1cccc(Br)c1)C(=O)NCCc1ccccc1. The molecule has 132 valence electrons. The molecule has 2 aromatic rings. The van der Waals surface area contributed by atoms with Crippen molar-refractivity contribution in [1.82, 2.24) is 5.32 Å². The van der Waals surface area contributed by atoms with Crippen molar-refractivity contribution in [2.24, 2.45) is 0 Å². The average Bonchev–Trinajstić information content (AvgIpc) is 2.61. The molecule has 0 fully saturated rings. The Labute approximate surface area is 155 Å². The van der Waals surface area contributed by atoms with Crippen molar-refractivity contribution in [3.8, 4) is 5.75 Å². The second-order valence-corrected chi connectivity index (χ2v) is 6.32. The van der Waals surface area contributed by atoms with Gasteiger partial charge in [0.25, 0.3) is 5.91 Å². The maximum Gasteiger partial charge on any atom is 0.344 e. The molecule has 0 aliphatic heterocycles. The first kappa shape index (κ1) is 19.0. The number of nitrogens with one attached hydrogen (secondary N) is 1. The fourth-order valence-corrected chi connectivity index (χ4v) is 2.48. The molecule has 2 rings (SSSR count). The number of benzene rings is 2. The van der Waals surface area contributed by atoms with Crippen LogP contribution in [-0.2, 0) is 20.7 Å². The van der Waals surface area contributed by atoms with Gasteiger partial charge >= 0.3 is 5.97 Å². The molecular weight excluding hydrogens is 386 g/mol. The average molecular weight is 406 g/mol. The third kappa shape index (κ3) is 6.97. The largest absolute Gasteiger partial charge is 0.482 e. The Morgan fingerprint density at radius 2 is 1.88 bits per heavy atom. The van der Waals surface area contributed by atoms with Crippen molar-refractivity contribution in [2.45, 2.75) is 19.4 Å². The Kier molecular flexibility index (Phi) is 7.47. The molecule has 0 aliphatic rings. The third-order valence-corrected chi connectivity index (χ3v) is 3.88. The lowest BCUT2D eigenvalue weighted by molar-refractivity contribution is -0.156. The minimum Gasteiger partial charge on any atom is -0.482 e. The molecule has 0 saturated heterocycles. The van der Waals surface area contributed by atoms with Crippen molar-refractivity contribution in [1.29, 1.82) is 0 Å². The van der Waals surface area contributed by atoms with E-state index in [1.165, 1.54) is 6.92 Å². The predicted octanol–water partition coefficient (Wildman–Crippen LogP) is 3.12. The summed E-state index contributed by atoms with van der Waals surface area (Å²) in [6.45, 7) is 1.77. The molecule has 1 amide bonds. The summed E-state index contributed by atoms with van der Waals surface area (Å²) in [4.78, 5) is 23.7. The zero-order chi connectivity index (χ0) is 18.1. The molecule has 0 saturated carbocycles. The van der Waals surface area contributed by atoms with E-state index in [-0.39, 0.29) is 12.5 Å². The van der Waals surface area contributed by atoms with Gasteiger partial charge in [-0.1, -0.05) is 52.3 Å². The summed E-state index contributed by atoms with van der Waals surface area (Å²) in [5, 5.41) is 2.75. The van der Waals surface area contributed by atoms with Gasteiger partial charge in [0.1, 0.15) is 5.75 Å². The van der Waals surface area contributed by atoms with E-state index >= 15 is 0 Å². The fraction of sp³-hybridized carbons (Fsp3) is 0.263. The number of ether oxygens (including phenoxy) is 2. The second kappa shape index (κ2) is 9.84. The van der Waals surface area contributed by atoms with Gasteiger partial charge in [0.15, 0.2) is 12.7 Å². The zero-order valence-electron chi connectivity index (χ0n) is 13.9. The van der Waals surface area contributed by atoms with Crippen molar-refractivity contribution < 1.29 is 19.1 Å². The maximum absolute atomic E-state index is 12.0. The first-order chi connectivity index (χ1) is 12.0. The van der Waals surface area contributed by atoms with Crippen LogP contribution in [0.1, 0.15) is 12.5 Å². The van der Waals surface area contributed by atoms with Crippen LogP contribution in [0.4, 0.5) is 0 Å². The van der Waals surface area contributed by atoms with Gasteiger partial charge in [-0.25, -0.2) is 4.79 Å². The number of hydrogen-bond acceptors (Lipinski definition) is 4. The minimum atomic E-state index is -0.866. The Morgan fingerprint density at radius 1 is 1.12 bits per heavy atom.